The maximum atomic E-state index is 11.5. The van der Waals surface area contributed by atoms with Gasteiger partial charge in [-0.1, -0.05) is 29.8 Å². The fraction of sp³-hybridized carbons (Fsp3) is 0.500. The van der Waals surface area contributed by atoms with Crippen LogP contribution in [0.2, 0.25) is 0 Å². The predicted octanol–water partition coefficient (Wildman–Crippen LogP) is 3.75. The summed E-state index contributed by atoms with van der Waals surface area (Å²) in [5.41, 5.74) is 0.110. The third-order valence-corrected chi connectivity index (χ3v) is 4.06. The second-order valence-electron chi connectivity index (χ2n) is 5.01. The fourth-order valence-electron chi connectivity index (χ4n) is 1.81. The number of hydrogen-bond acceptors (Lipinski definition) is 2. The standard InChI is InChI=1S/C14H19BrO3/c1-9(2)14(3,13(16)17)8-10-7-11(15)5-6-12(10)18-4/h5-7,9H,8H2,1-4H3,(H,16,17). The average molecular weight is 315 g/mol. The van der Waals surface area contributed by atoms with Crippen molar-refractivity contribution in [2.75, 3.05) is 7.11 Å². The van der Waals surface area contributed by atoms with Crippen LogP contribution in [0.15, 0.2) is 22.7 Å². The summed E-state index contributed by atoms with van der Waals surface area (Å²) in [5, 5.41) is 9.44. The first-order chi connectivity index (χ1) is 8.31. The summed E-state index contributed by atoms with van der Waals surface area (Å²) >= 11 is 3.40. The van der Waals surface area contributed by atoms with Crippen molar-refractivity contribution in [1.29, 1.82) is 0 Å². The topological polar surface area (TPSA) is 46.5 Å². The van der Waals surface area contributed by atoms with Gasteiger partial charge in [0.05, 0.1) is 12.5 Å². The van der Waals surface area contributed by atoms with Gasteiger partial charge in [-0.3, -0.25) is 4.79 Å². The highest BCUT2D eigenvalue weighted by atomic mass is 79.9. The zero-order valence-electron chi connectivity index (χ0n) is 11.2. The molecule has 1 atom stereocenters. The Labute approximate surface area is 116 Å². The number of rotatable bonds is 5. The molecule has 0 heterocycles. The molecule has 1 aromatic rings. The summed E-state index contributed by atoms with van der Waals surface area (Å²) in [6.07, 6.45) is 0.447. The molecule has 0 aliphatic carbocycles. The largest absolute Gasteiger partial charge is 0.496 e. The Hall–Kier alpha value is -1.03. The van der Waals surface area contributed by atoms with E-state index < -0.39 is 11.4 Å². The molecule has 0 aliphatic heterocycles. The summed E-state index contributed by atoms with van der Waals surface area (Å²) in [6.45, 7) is 5.64. The molecular formula is C14H19BrO3. The molecule has 100 valence electrons. The van der Waals surface area contributed by atoms with Crippen LogP contribution in [0.5, 0.6) is 5.75 Å². The van der Waals surface area contributed by atoms with E-state index in [9.17, 15) is 9.90 Å². The van der Waals surface area contributed by atoms with Crippen LogP contribution in [0.4, 0.5) is 0 Å². The molecule has 3 nitrogen and oxygen atoms in total. The number of aliphatic carboxylic acids is 1. The minimum absolute atomic E-state index is 0.0405. The van der Waals surface area contributed by atoms with Gasteiger partial charge in [0, 0.05) is 4.47 Å². The number of methoxy groups -OCH3 is 1. The van der Waals surface area contributed by atoms with Gasteiger partial charge in [-0.15, -0.1) is 0 Å². The van der Waals surface area contributed by atoms with Crippen molar-refractivity contribution < 1.29 is 14.6 Å². The van der Waals surface area contributed by atoms with E-state index in [1.807, 2.05) is 32.0 Å². The number of carboxylic acids is 1. The average Bonchev–Trinajstić information content (AvgIpc) is 2.28. The zero-order valence-corrected chi connectivity index (χ0v) is 12.7. The van der Waals surface area contributed by atoms with Crippen molar-refractivity contribution in [2.45, 2.75) is 27.2 Å². The Morgan fingerprint density at radius 2 is 2.11 bits per heavy atom. The Morgan fingerprint density at radius 3 is 2.56 bits per heavy atom. The first-order valence-electron chi connectivity index (χ1n) is 5.87. The maximum absolute atomic E-state index is 11.5. The van der Waals surface area contributed by atoms with Crippen molar-refractivity contribution >= 4 is 21.9 Å². The van der Waals surface area contributed by atoms with Crippen LogP contribution in [0.3, 0.4) is 0 Å². The lowest BCUT2D eigenvalue weighted by Gasteiger charge is -2.29. The third kappa shape index (κ3) is 3.05. The molecule has 0 aliphatic rings. The Bertz CT molecular complexity index is 443. The second-order valence-corrected chi connectivity index (χ2v) is 5.93. The first kappa shape index (κ1) is 15.0. The Balaban J connectivity index is 3.15. The van der Waals surface area contributed by atoms with Gasteiger partial charge in [0.2, 0.25) is 0 Å². The van der Waals surface area contributed by atoms with Crippen LogP contribution in [0.1, 0.15) is 26.3 Å². The summed E-state index contributed by atoms with van der Waals surface area (Å²) in [5.74, 6) is -0.00968. The molecule has 0 bridgehead atoms. The summed E-state index contributed by atoms with van der Waals surface area (Å²) < 4.78 is 6.22. The third-order valence-electron chi connectivity index (χ3n) is 3.56. The number of ether oxygens (including phenoxy) is 1. The molecule has 0 spiro atoms. The molecule has 0 fully saturated rings. The predicted molar refractivity (Wildman–Crippen MR) is 75.0 cm³/mol. The lowest BCUT2D eigenvalue weighted by atomic mass is 9.74. The van der Waals surface area contributed by atoms with E-state index in [1.165, 1.54) is 0 Å². The van der Waals surface area contributed by atoms with E-state index in [0.29, 0.717) is 6.42 Å². The van der Waals surface area contributed by atoms with Gasteiger partial charge in [-0.2, -0.15) is 0 Å². The maximum Gasteiger partial charge on any atom is 0.309 e. The van der Waals surface area contributed by atoms with Crippen LogP contribution in [0, 0.1) is 11.3 Å². The SMILES string of the molecule is COc1ccc(Br)cc1CC(C)(C(=O)O)C(C)C. The van der Waals surface area contributed by atoms with Crippen molar-refractivity contribution in [3.63, 3.8) is 0 Å². The van der Waals surface area contributed by atoms with Crippen LogP contribution < -0.4 is 4.74 Å². The van der Waals surface area contributed by atoms with E-state index in [1.54, 1.807) is 14.0 Å². The summed E-state index contributed by atoms with van der Waals surface area (Å²) in [6, 6.07) is 5.65. The number of carbonyl (C=O) groups is 1. The minimum atomic E-state index is -0.798. The van der Waals surface area contributed by atoms with Crippen molar-refractivity contribution in [3.05, 3.63) is 28.2 Å². The highest BCUT2D eigenvalue weighted by Crippen LogP contribution is 2.35. The van der Waals surface area contributed by atoms with Gasteiger partial charge < -0.3 is 9.84 Å². The van der Waals surface area contributed by atoms with Crippen LogP contribution in [-0.2, 0) is 11.2 Å². The summed E-state index contributed by atoms with van der Waals surface area (Å²) in [4.78, 5) is 11.5. The molecule has 1 unspecified atom stereocenters. The quantitative estimate of drug-likeness (QED) is 0.900. The molecule has 0 amide bonds. The molecule has 0 radical (unpaired) electrons. The number of carboxylic acid groups (broad SMARTS) is 1. The van der Waals surface area contributed by atoms with Gasteiger partial charge in [-0.05, 0) is 43.0 Å². The highest BCUT2D eigenvalue weighted by Gasteiger charge is 2.37. The first-order valence-corrected chi connectivity index (χ1v) is 6.66. The van der Waals surface area contributed by atoms with Gasteiger partial charge in [0.1, 0.15) is 5.75 Å². The van der Waals surface area contributed by atoms with Crippen LogP contribution in [0.25, 0.3) is 0 Å². The molecule has 1 N–H and O–H groups in total. The van der Waals surface area contributed by atoms with E-state index in [0.717, 1.165) is 15.8 Å². The van der Waals surface area contributed by atoms with Crippen LogP contribution >= 0.6 is 15.9 Å². The molecule has 0 saturated carbocycles. The number of halogens is 1. The Morgan fingerprint density at radius 1 is 1.50 bits per heavy atom. The van der Waals surface area contributed by atoms with E-state index in [4.69, 9.17) is 4.74 Å². The van der Waals surface area contributed by atoms with Gasteiger partial charge in [-0.25, -0.2) is 0 Å². The number of benzene rings is 1. The molecule has 18 heavy (non-hydrogen) atoms. The van der Waals surface area contributed by atoms with Gasteiger partial charge in [0.25, 0.3) is 0 Å². The van der Waals surface area contributed by atoms with Crippen molar-refractivity contribution in [2.24, 2.45) is 11.3 Å². The van der Waals surface area contributed by atoms with Crippen molar-refractivity contribution in [1.82, 2.24) is 0 Å². The highest BCUT2D eigenvalue weighted by molar-refractivity contribution is 9.10. The number of hydrogen-bond donors (Lipinski definition) is 1. The molecule has 0 aromatic heterocycles. The van der Waals surface area contributed by atoms with Crippen molar-refractivity contribution in [3.8, 4) is 5.75 Å². The van der Waals surface area contributed by atoms with E-state index in [2.05, 4.69) is 15.9 Å². The lowest BCUT2D eigenvalue weighted by molar-refractivity contribution is -0.150. The zero-order chi connectivity index (χ0) is 13.9. The summed E-state index contributed by atoms with van der Waals surface area (Å²) in [7, 11) is 1.60. The minimum Gasteiger partial charge on any atom is -0.496 e. The van der Waals surface area contributed by atoms with E-state index in [-0.39, 0.29) is 5.92 Å². The van der Waals surface area contributed by atoms with Gasteiger partial charge in [0.15, 0.2) is 0 Å². The molecule has 4 heteroatoms. The molecule has 1 rings (SSSR count). The normalized spacial score (nSPS) is 14.3. The smallest absolute Gasteiger partial charge is 0.309 e. The van der Waals surface area contributed by atoms with Gasteiger partial charge >= 0.3 is 5.97 Å². The molecule has 1 aromatic carbocycles. The second kappa shape index (κ2) is 5.74. The fourth-order valence-corrected chi connectivity index (χ4v) is 2.22. The molecular weight excluding hydrogens is 296 g/mol. The van der Waals surface area contributed by atoms with E-state index >= 15 is 0 Å². The molecule has 0 saturated heterocycles. The lowest BCUT2D eigenvalue weighted by Crippen LogP contribution is -2.35. The van der Waals surface area contributed by atoms with Crippen LogP contribution in [-0.4, -0.2) is 18.2 Å². The Kier molecular flexibility index (Phi) is 4.79. The monoisotopic (exact) mass is 314 g/mol.